The Kier molecular flexibility index (Phi) is 13.5. The molecule has 18 nitrogen and oxygen atoms in total. The maximum atomic E-state index is 14.1. The van der Waals surface area contributed by atoms with Gasteiger partial charge in [0.25, 0.3) is 11.8 Å². The summed E-state index contributed by atoms with van der Waals surface area (Å²) in [4.78, 5) is 79.6. The first-order valence-electron chi connectivity index (χ1n) is 22.4. The minimum absolute atomic E-state index is 0.0405. The zero-order valence-electron chi connectivity index (χ0n) is 36.4. The van der Waals surface area contributed by atoms with Crippen LogP contribution in [0.3, 0.4) is 0 Å². The summed E-state index contributed by atoms with van der Waals surface area (Å²) in [5.74, 6) is -0.754. The number of pyridine rings is 1. The van der Waals surface area contributed by atoms with Crippen LogP contribution in [0.4, 0.5) is 21.7 Å². The molecule has 7 heterocycles. The third-order valence-electron chi connectivity index (χ3n) is 12.3. The molecule has 66 heavy (non-hydrogen) atoms. The summed E-state index contributed by atoms with van der Waals surface area (Å²) in [7, 11) is 0. The fourth-order valence-electron chi connectivity index (χ4n) is 8.93. The van der Waals surface area contributed by atoms with Crippen LogP contribution in [0, 0.1) is 5.82 Å². The second-order valence-corrected chi connectivity index (χ2v) is 16.5. The van der Waals surface area contributed by atoms with Gasteiger partial charge in [-0.05, 0) is 79.4 Å². The number of hydrogen-bond donors (Lipinski definition) is 2. The fraction of sp³-hybridized carbons (Fsp3) is 0.404. The number of fused-ring (bicyclic) bond motifs is 2. The first kappa shape index (κ1) is 44.4. The number of benzene rings is 2. The Bertz CT molecular complexity index is 2620. The molecule has 4 aliphatic rings. The molecule has 344 valence electrons. The van der Waals surface area contributed by atoms with Crippen LogP contribution in [0.25, 0.3) is 17.0 Å². The van der Waals surface area contributed by atoms with E-state index in [4.69, 9.17) is 24.3 Å². The van der Waals surface area contributed by atoms with E-state index in [0.29, 0.717) is 83.7 Å². The lowest BCUT2D eigenvalue weighted by atomic mass is 10.0. The van der Waals surface area contributed by atoms with Crippen LogP contribution in [0.1, 0.15) is 64.4 Å². The summed E-state index contributed by atoms with van der Waals surface area (Å²) in [5.41, 5.74) is 4.21. The van der Waals surface area contributed by atoms with E-state index in [2.05, 4.69) is 25.4 Å². The van der Waals surface area contributed by atoms with Gasteiger partial charge in [-0.15, -0.1) is 5.10 Å². The molecule has 19 heteroatoms. The van der Waals surface area contributed by atoms with Gasteiger partial charge in [0.1, 0.15) is 29.2 Å². The van der Waals surface area contributed by atoms with Crippen LogP contribution in [0.5, 0.6) is 0 Å². The Morgan fingerprint density at radius 1 is 0.773 bits per heavy atom. The number of nitrogens with one attached hydrogen (secondary N) is 2. The molecule has 0 aliphatic carbocycles. The van der Waals surface area contributed by atoms with E-state index < -0.39 is 29.7 Å². The van der Waals surface area contributed by atoms with Crippen LogP contribution in [0.15, 0.2) is 79.0 Å². The molecule has 0 saturated carbocycles. The number of piperidine rings is 1. The smallest absolute Gasteiger partial charge is 0.262 e. The summed E-state index contributed by atoms with van der Waals surface area (Å²) in [6, 6.07) is 20.5. The third-order valence-corrected chi connectivity index (χ3v) is 12.3. The van der Waals surface area contributed by atoms with Crippen molar-refractivity contribution in [2.24, 2.45) is 0 Å². The van der Waals surface area contributed by atoms with E-state index in [-0.39, 0.29) is 48.2 Å². The maximum absolute atomic E-state index is 14.1. The van der Waals surface area contributed by atoms with E-state index in [9.17, 15) is 28.4 Å². The predicted octanol–water partition coefficient (Wildman–Crippen LogP) is 3.87. The van der Waals surface area contributed by atoms with Crippen LogP contribution < -0.4 is 20.4 Å². The Morgan fingerprint density at radius 3 is 2.35 bits per heavy atom. The molecular formula is C47H51FN10O8. The largest absolute Gasteiger partial charge is 0.383 e. The normalized spacial score (nSPS) is 18.7. The van der Waals surface area contributed by atoms with Crippen molar-refractivity contribution in [1.82, 2.24) is 34.7 Å². The Morgan fingerprint density at radius 2 is 1.55 bits per heavy atom. The number of anilines is 3. The summed E-state index contributed by atoms with van der Waals surface area (Å²) in [5, 5.41) is 10.4. The van der Waals surface area contributed by atoms with E-state index in [0.717, 1.165) is 52.9 Å². The number of imide groups is 2. The first-order chi connectivity index (χ1) is 32.2. The van der Waals surface area contributed by atoms with Crippen molar-refractivity contribution in [3.8, 4) is 11.4 Å². The van der Waals surface area contributed by atoms with E-state index in [1.807, 2.05) is 45.8 Å². The van der Waals surface area contributed by atoms with Crippen molar-refractivity contribution in [3.05, 3.63) is 102 Å². The van der Waals surface area contributed by atoms with Crippen molar-refractivity contribution in [1.29, 1.82) is 0 Å². The number of aromatic nitrogens is 4. The summed E-state index contributed by atoms with van der Waals surface area (Å²) >= 11 is 0. The van der Waals surface area contributed by atoms with Gasteiger partial charge in [0.15, 0.2) is 5.65 Å². The number of halogens is 1. The predicted molar refractivity (Wildman–Crippen MR) is 239 cm³/mol. The second kappa shape index (κ2) is 20.1. The number of rotatable bonds is 18. The number of nitrogens with zero attached hydrogens (tertiary/aromatic N) is 8. The van der Waals surface area contributed by atoms with E-state index in [1.54, 1.807) is 36.5 Å². The minimum Gasteiger partial charge on any atom is -0.383 e. The molecule has 4 aliphatic heterocycles. The molecule has 9 rings (SSSR count). The number of hydrogen-bond acceptors (Lipinski definition) is 14. The summed E-state index contributed by atoms with van der Waals surface area (Å²) in [6.07, 6.45) is 4.14. The highest BCUT2D eigenvalue weighted by molar-refractivity contribution is 6.23. The van der Waals surface area contributed by atoms with Gasteiger partial charge in [-0.25, -0.2) is 18.9 Å². The SMILES string of the molecule is O=C1CCC(N2C(=O)c3ccc(NCCOCCOCCOCCC(=O)N4CCN(c5cccc(-c6cnc7ccc(N8CCC[C@@H]8c8cccc(F)c8)nn67)n5)CC4)cc3C2=O)C(=O)N1. The van der Waals surface area contributed by atoms with Crippen molar-refractivity contribution in [2.45, 2.75) is 44.2 Å². The number of imidazole rings is 1. The zero-order chi connectivity index (χ0) is 45.6. The maximum Gasteiger partial charge on any atom is 0.262 e. The average Bonchev–Trinajstić information content (AvgIpc) is 4.06. The number of amides is 5. The lowest BCUT2D eigenvalue weighted by molar-refractivity contribution is -0.136. The molecule has 2 aromatic carbocycles. The topological polar surface area (TPSA) is 193 Å². The van der Waals surface area contributed by atoms with Gasteiger partial charge in [0.2, 0.25) is 17.7 Å². The second-order valence-electron chi connectivity index (χ2n) is 16.5. The number of ether oxygens (including phenoxy) is 3. The van der Waals surface area contributed by atoms with Crippen molar-refractivity contribution in [3.63, 3.8) is 0 Å². The number of piperazine rings is 1. The molecule has 0 bridgehead atoms. The number of carbonyl (C=O) groups excluding carboxylic acids is 5. The molecule has 1 unspecified atom stereocenters. The highest BCUT2D eigenvalue weighted by atomic mass is 19.1. The molecule has 3 fully saturated rings. The van der Waals surface area contributed by atoms with Gasteiger partial charge in [-0.1, -0.05) is 18.2 Å². The lowest BCUT2D eigenvalue weighted by Crippen LogP contribution is -2.54. The Labute approximate surface area is 380 Å². The van der Waals surface area contributed by atoms with E-state index in [1.165, 1.54) is 6.07 Å². The molecule has 5 aromatic rings. The molecular weight excluding hydrogens is 852 g/mol. The fourth-order valence-corrected chi connectivity index (χ4v) is 8.93. The van der Waals surface area contributed by atoms with Crippen LogP contribution in [0.2, 0.25) is 0 Å². The Balaban J connectivity index is 0.646. The average molecular weight is 903 g/mol. The Hall–Kier alpha value is -6.83. The van der Waals surface area contributed by atoms with Gasteiger partial charge in [-0.3, -0.25) is 34.2 Å². The zero-order valence-corrected chi connectivity index (χ0v) is 36.4. The minimum atomic E-state index is -1.01. The highest BCUT2D eigenvalue weighted by Crippen LogP contribution is 2.36. The monoisotopic (exact) mass is 902 g/mol. The van der Waals surface area contributed by atoms with Crippen molar-refractivity contribution < 1.29 is 42.6 Å². The van der Waals surface area contributed by atoms with Gasteiger partial charge in [0, 0.05) is 51.4 Å². The first-order valence-corrected chi connectivity index (χ1v) is 22.4. The summed E-state index contributed by atoms with van der Waals surface area (Å²) < 4.78 is 32.8. The van der Waals surface area contributed by atoms with Gasteiger partial charge >= 0.3 is 0 Å². The lowest BCUT2D eigenvalue weighted by Gasteiger charge is -2.35. The molecule has 2 atom stereocenters. The van der Waals surface area contributed by atoms with Crippen LogP contribution in [-0.4, -0.2) is 144 Å². The summed E-state index contributed by atoms with van der Waals surface area (Å²) in [6.45, 7) is 5.81. The molecule has 0 radical (unpaired) electrons. The van der Waals surface area contributed by atoms with Gasteiger partial charge in [0.05, 0.1) is 75.1 Å². The highest BCUT2D eigenvalue weighted by Gasteiger charge is 2.44. The van der Waals surface area contributed by atoms with Crippen molar-refractivity contribution in [2.75, 3.05) is 94.0 Å². The molecule has 2 N–H and O–H groups in total. The molecule has 3 aromatic heterocycles. The van der Waals surface area contributed by atoms with Crippen LogP contribution >= 0.6 is 0 Å². The quantitative estimate of drug-likeness (QED) is 0.0951. The van der Waals surface area contributed by atoms with Gasteiger partial charge < -0.3 is 34.2 Å². The third kappa shape index (κ3) is 9.73. The molecule has 5 amide bonds. The van der Waals surface area contributed by atoms with E-state index >= 15 is 0 Å². The van der Waals surface area contributed by atoms with Crippen LogP contribution in [-0.2, 0) is 28.6 Å². The van der Waals surface area contributed by atoms with Crippen molar-refractivity contribution >= 4 is 52.5 Å². The molecule has 3 saturated heterocycles. The molecule has 0 spiro atoms. The standard InChI is InChI=1S/C47H51FN10O8/c48-32-5-1-4-31(28-32)37-7-3-17-56(37)42-13-12-40-50-30-39(58(40)53-42)36-6-2-8-41(51-36)54-18-20-55(21-19-54)44(60)15-22-64-24-26-66-27-25-65-23-16-49-33-9-10-34-35(29-33)47(63)57(46(34)62)38-11-14-43(59)52-45(38)61/h1-2,4-6,8-10,12-13,28-30,37-38,49H,3,7,11,14-27H2,(H,52,59,61)/t37-,38?/m1/s1. The van der Waals surface area contributed by atoms with Gasteiger partial charge in [-0.2, -0.15) is 0 Å². The number of carbonyl (C=O) groups is 5.